The van der Waals surface area contributed by atoms with Crippen molar-refractivity contribution in [1.29, 1.82) is 0 Å². The number of benzene rings is 2. The summed E-state index contributed by atoms with van der Waals surface area (Å²) in [6, 6.07) is 18.8. The first-order valence-corrected chi connectivity index (χ1v) is 11.4. The lowest BCUT2D eigenvalue weighted by atomic mass is 9.90. The quantitative estimate of drug-likeness (QED) is 0.550. The standard InChI is InChI=1S/C24H28N4OS/c1-18-8-6-7-11-22(18)28-17-25-26-24(28)30-19(2)23(29)27-14-12-21(13-15-27)16-20-9-4-3-5-10-20/h3-11,17,19,21H,12-16H2,1-2H3. The fourth-order valence-corrected chi connectivity index (χ4v) is 4.99. The second-order valence-electron chi connectivity index (χ2n) is 7.99. The number of amides is 1. The van der Waals surface area contributed by atoms with Gasteiger partial charge in [0.25, 0.3) is 0 Å². The van der Waals surface area contributed by atoms with E-state index in [0.29, 0.717) is 5.92 Å². The molecule has 1 aliphatic heterocycles. The summed E-state index contributed by atoms with van der Waals surface area (Å²) in [4.78, 5) is 15.1. The molecule has 156 valence electrons. The van der Waals surface area contributed by atoms with Crippen LogP contribution in [0.5, 0.6) is 0 Å². The van der Waals surface area contributed by atoms with Crippen LogP contribution in [0.15, 0.2) is 66.1 Å². The molecule has 0 bridgehead atoms. The van der Waals surface area contributed by atoms with Gasteiger partial charge < -0.3 is 4.90 Å². The highest BCUT2D eigenvalue weighted by atomic mass is 32.2. The second-order valence-corrected chi connectivity index (χ2v) is 9.30. The van der Waals surface area contributed by atoms with E-state index in [-0.39, 0.29) is 11.2 Å². The fourth-order valence-electron chi connectivity index (χ4n) is 4.07. The minimum Gasteiger partial charge on any atom is -0.342 e. The van der Waals surface area contributed by atoms with Crippen LogP contribution in [0.3, 0.4) is 0 Å². The van der Waals surface area contributed by atoms with E-state index >= 15 is 0 Å². The molecule has 30 heavy (non-hydrogen) atoms. The molecule has 1 fully saturated rings. The average molecular weight is 421 g/mol. The lowest BCUT2D eigenvalue weighted by Gasteiger charge is -2.33. The van der Waals surface area contributed by atoms with Crippen molar-refractivity contribution in [3.8, 4) is 5.69 Å². The number of aryl methyl sites for hydroxylation is 1. The smallest absolute Gasteiger partial charge is 0.235 e. The van der Waals surface area contributed by atoms with Crippen LogP contribution >= 0.6 is 11.8 Å². The molecule has 0 radical (unpaired) electrons. The molecule has 5 nitrogen and oxygen atoms in total. The van der Waals surface area contributed by atoms with Crippen LogP contribution in [0.4, 0.5) is 0 Å². The first-order valence-electron chi connectivity index (χ1n) is 10.6. The topological polar surface area (TPSA) is 51.0 Å². The molecule has 1 saturated heterocycles. The Labute approximate surface area is 182 Å². The molecule has 2 aromatic carbocycles. The number of rotatable bonds is 6. The minimum absolute atomic E-state index is 0.192. The first-order chi connectivity index (χ1) is 14.6. The van der Waals surface area contributed by atoms with E-state index < -0.39 is 0 Å². The number of hydrogen-bond donors (Lipinski definition) is 0. The van der Waals surface area contributed by atoms with E-state index in [9.17, 15) is 4.79 Å². The molecule has 1 aliphatic rings. The number of piperidine rings is 1. The molecule has 0 aliphatic carbocycles. The molecule has 1 atom stereocenters. The summed E-state index contributed by atoms with van der Waals surface area (Å²) >= 11 is 1.48. The van der Waals surface area contributed by atoms with Crippen LogP contribution in [0.2, 0.25) is 0 Å². The summed E-state index contributed by atoms with van der Waals surface area (Å²) in [5.41, 5.74) is 3.59. The normalized spacial score (nSPS) is 15.9. The van der Waals surface area contributed by atoms with Gasteiger partial charge in [-0.1, -0.05) is 60.3 Å². The third-order valence-electron chi connectivity index (χ3n) is 5.81. The highest BCUT2D eigenvalue weighted by Gasteiger charge is 2.27. The van der Waals surface area contributed by atoms with Crippen molar-refractivity contribution in [1.82, 2.24) is 19.7 Å². The highest BCUT2D eigenvalue weighted by molar-refractivity contribution is 8.00. The molecule has 1 unspecified atom stereocenters. The van der Waals surface area contributed by atoms with Crippen molar-refractivity contribution >= 4 is 17.7 Å². The number of aromatic nitrogens is 3. The third kappa shape index (κ3) is 4.75. The number of carbonyl (C=O) groups excluding carboxylic acids is 1. The van der Waals surface area contributed by atoms with Gasteiger partial charge in [-0.05, 0) is 56.2 Å². The van der Waals surface area contributed by atoms with Gasteiger partial charge in [0.05, 0.1) is 10.9 Å². The van der Waals surface area contributed by atoms with Gasteiger partial charge >= 0.3 is 0 Å². The Morgan fingerprint density at radius 2 is 1.80 bits per heavy atom. The Balaban J connectivity index is 1.34. The zero-order valence-electron chi connectivity index (χ0n) is 17.6. The zero-order valence-corrected chi connectivity index (χ0v) is 18.4. The summed E-state index contributed by atoms with van der Waals surface area (Å²) in [5.74, 6) is 0.848. The molecule has 4 rings (SSSR count). The van der Waals surface area contributed by atoms with Crippen molar-refractivity contribution in [3.05, 3.63) is 72.1 Å². The lowest BCUT2D eigenvalue weighted by Crippen LogP contribution is -2.42. The van der Waals surface area contributed by atoms with Crippen LogP contribution in [0.1, 0.15) is 30.9 Å². The molecule has 1 amide bonds. The molecule has 2 heterocycles. The van der Waals surface area contributed by atoms with Gasteiger partial charge in [-0.25, -0.2) is 0 Å². The SMILES string of the molecule is Cc1ccccc1-n1cnnc1SC(C)C(=O)N1CCC(Cc2ccccc2)CC1. The van der Waals surface area contributed by atoms with Crippen molar-refractivity contribution in [3.63, 3.8) is 0 Å². The maximum absolute atomic E-state index is 13.1. The van der Waals surface area contributed by atoms with Gasteiger partial charge in [0.15, 0.2) is 5.16 Å². The third-order valence-corrected chi connectivity index (χ3v) is 6.86. The Morgan fingerprint density at radius 3 is 2.53 bits per heavy atom. The second kappa shape index (κ2) is 9.47. The van der Waals surface area contributed by atoms with Gasteiger partial charge in [0.1, 0.15) is 6.33 Å². The van der Waals surface area contributed by atoms with Crippen LogP contribution in [-0.2, 0) is 11.2 Å². The fraction of sp³-hybridized carbons (Fsp3) is 0.375. The van der Waals surface area contributed by atoms with Gasteiger partial charge in [-0.15, -0.1) is 10.2 Å². The van der Waals surface area contributed by atoms with E-state index in [1.54, 1.807) is 6.33 Å². The predicted octanol–water partition coefficient (Wildman–Crippen LogP) is 4.54. The number of likely N-dealkylation sites (tertiary alicyclic amines) is 1. The van der Waals surface area contributed by atoms with E-state index in [4.69, 9.17) is 0 Å². The van der Waals surface area contributed by atoms with Crippen LogP contribution in [-0.4, -0.2) is 43.9 Å². The number of nitrogens with zero attached hydrogens (tertiary/aromatic N) is 4. The average Bonchev–Trinajstić information content (AvgIpc) is 3.22. The molecule has 0 spiro atoms. The van der Waals surface area contributed by atoms with Crippen molar-refractivity contribution in [2.75, 3.05) is 13.1 Å². The summed E-state index contributed by atoms with van der Waals surface area (Å²) in [6.45, 7) is 5.72. The van der Waals surface area contributed by atoms with Crippen molar-refractivity contribution in [2.45, 2.75) is 43.5 Å². The Morgan fingerprint density at radius 1 is 1.10 bits per heavy atom. The zero-order chi connectivity index (χ0) is 20.9. The van der Waals surface area contributed by atoms with E-state index in [2.05, 4.69) is 53.5 Å². The van der Waals surface area contributed by atoms with Crippen LogP contribution in [0.25, 0.3) is 5.69 Å². The Kier molecular flexibility index (Phi) is 6.53. The van der Waals surface area contributed by atoms with Crippen LogP contribution in [0, 0.1) is 12.8 Å². The number of hydrogen-bond acceptors (Lipinski definition) is 4. The van der Waals surface area contributed by atoms with E-state index in [0.717, 1.165) is 48.8 Å². The van der Waals surface area contributed by atoms with Crippen molar-refractivity contribution < 1.29 is 4.79 Å². The first kappa shape index (κ1) is 20.7. The molecule has 0 N–H and O–H groups in total. The van der Waals surface area contributed by atoms with Gasteiger partial charge in [-0.2, -0.15) is 0 Å². The molecule has 1 aromatic heterocycles. The minimum atomic E-state index is -0.192. The summed E-state index contributed by atoms with van der Waals surface area (Å²) in [5, 5.41) is 8.91. The Hall–Kier alpha value is -2.60. The Bertz CT molecular complexity index is 980. The van der Waals surface area contributed by atoms with Gasteiger partial charge in [0, 0.05) is 13.1 Å². The molecular formula is C24H28N4OS. The predicted molar refractivity (Wildman–Crippen MR) is 121 cm³/mol. The molecule has 3 aromatic rings. The molecule has 6 heteroatoms. The number of carbonyl (C=O) groups is 1. The van der Waals surface area contributed by atoms with E-state index in [1.165, 1.54) is 17.3 Å². The molecule has 0 saturated carbocycles. The monoisotopic (exact) mass is 420 g/mol. The van der Waals surface area contributed by atoms with Crippen LogP contribution < -0.4 is 0 Å². The van der Waals surface area contributed by atoms with Gasteiger partial charge in [-0.3, -0.25) is 9.36 Å². The summed E-state index contributed by atoms with van der Waals surface area (Å²) < 4.78 is 1.97. The molecular weight excluding hydrogens is 392 g/mol. The largest absolute Gasteiger partial charge is 0.342 e. The highest BCUT2D eigenvalue weighted by Crippen LogP contribution is 2.28. The number of para-hydroxylation sites is 1. The summed E-state index contributed by atoms with van der Waals surface area (Å²) in [7, 11) is 0. The number of thioether (sulfide) groups is 1. The van der Waals surface area contributed by atoms with Crippen molar-refractivity contribution in [2.24, 2.45) is 5.92 Å². The van der Waals surface area contributed by atoms with E-state index in [1.807, 2.05) is 34.6 Å². The lowest BCUT2D eigenvalue weighted by molar-refractivity contribution is -0.131. The maximum atomic E-state index is 13.1. The summed E-state index contributed by atoms with van der Waals surface area (Å²) in [6.07, 6.45) is 4.96. The maximum Gasteiger partial charge on any atom is 0.235 e. The van der Waals surface area contributed by atoms with Gasteiger partial charge in [0.2, 0.25) is 5.91 Å².